The summed E-state index contributed by atoms with van der Waals surface area (Å²) in [5.74, 6) is -1.89. The lowest BCUT2D eigenvalue weighted by Crippen LogP contribution is -2.38. The van der Waals surface area contributed by atoms with Gasteiger partial charge in [-0.15, -0.1) is 0 Å². The molecule has 1 heterocycles. The smallest absolute Gasteiger partial charge is 0.329 e. The van der Waals surface area contributed by atoms with Gasteiger partial charge in [-0.3, -0.25) is 9.59 Å². The molecule has 0 saturated carbocycles. The number of carbonyl (C=O) groups excluding carboxylic acids is 3. The summed E-state index contributed by atoms with van der Waals surface area (Å²) >= 11 is 0. The molecule has 1 fully saturated rings. The van der Waals surface area contributed by atoms with Crippen molar-refractivity contribution in [2.24, 2.45) is 0 Å². The summed E-state index contributed by atoms with van der Waals surface area (Å²) in [6, 6.07) is 17.7. The van der Waals surface area contributed by atoms with Gasteiger partial charge in [-0.25, -0.2) is 18.5 Å². The van der Waals surface area contributed by atoms with E-state index < -0.39 is 30.2 Å². The van der Waals surface area contributed by atoms with Crippen LogP contribution in [0.2, 0.25) is 0 Å². The van der Waals surface area contributed by atoms with Gasteiger partial charge < -0.3 is 15.4 Å². The summed E-state index contributed by atoms with van der Waals surface area (Å²) in [6.45, 7) is -0.509. The van der Waals surface area contributed by atoms with Crippen molar-refractivity contribution in [3.05, 3.63) is 101 Å². The standard InChI is InChI=1S/C25H19F2N3O4/c26-19-6-2-1-5-17(19)15-34-18-11-9-16(10-12-18)13-22-24(32)30(25(33)29-22)14-23(31)28-21-8-4-3-7-20(21)27/h1-13H,14-15H2,(H,28,31)(H,29,33)/b22-13+. The van der Waals surface area contributed by atoms with E-state index in [1.165, 1.54) is 30.3 Å². The van der Waals surface area contributed by atoms with Gasteiger partial charge in [0.1, 0.15) is 36.2 Å². The topological polar surface area (TPSA) is 87.7 Å². The van der Waals surface area contributed by atoms with Gasteiger partial charge in [-0.2, -0.15) is 0 Å². The molecular weight excluding hydrogens is 444 g/mol. The predicted molar refractivity (Wildman–Crippen MR) is 120 cm³/mol. The number of urea groups is 1. The lowest BCUT2D eigenvalue weighted by atomic mass is 10.2. The molecule has 0 aliphatic carbocycles. The molecule has 0 spiro atoms. The number of nitrogens with one attached hydrogen (secondary N) is 2. The Hall–Kier alpha value is -4.53. The second-order valence-corrected chi connectivity index (χ2v) is 7.36. The molecule has 172 valence electrons. The minimum Gasteiger partial charge on any atom is -0.489 e. The molecule has 2 N–H and O–H groups in total. The number of hydrogen-bond acceptors (Lipinski definition) is 4. The monoisotopic (exact) mass is 463 g/mol. The Morgan fingerprint density at radius 1 is 0.941 bits per heavy atom. The number of nitrogens with zero attached hydrogens (tertiary/aromatic N) is 1. The molecular formula is C25H19F2N3O4. The zero-order valence-corrected chi connectivity index (χ0v) is 17.8. The molecule has 0 aromatic heterocycles. The Balaban J connectivity index is 1.37. The van der Waals surface area contributed by atoms with Crippen LogP contribution in [-0.2, 0) is 16.2 Å². The van der Waals surface area contributed by atoms with E-state index in [-0.39, 0.29) is 23.8 Å². The maximum atomic E-state index is 13.7. The van der Waals surface area contributed by atoms with Crippen LogP contribution in [0.4, 0.5) is 19.3 Å². The third-order valence-corrected chi connectivity index (χ3v) is 4.96. The Morgan fingerprint density at radius 2 is 1.62 bits per heavy atom. The predicted octanol–water partition coefficient (Wildman–Crippen LogP) is 4.08. The van der Waals surface area contributed by atoms with Crippen molar-refractivity contribution in [3.63, 3.8) is 0 Å². The van der Waals surface area contributed by atoms with Gasteiger partial charge in [-0.05, 0) is 42.0 Å². The molecule has 1 aliphatic rings. The molecule has 9 heteroatoms. The third-order valence-electron chi connectivity index (χ3n) is 4.96. The van der Waals surface area contributed by atoms with Crippen molar-refractivity contribution < 1.29 is 27.9 Å². The van der Waals surface area contributed by atoms with Crippen LogP contribution in [0.1, 0.15) is 11.1 Å². The van der Waals surface area contributed by atoms with Crippen LogP contribution in [0.3, 0.4) is 0 Å². The Labute approximate surface area is 193 Å². The van der Waals surface area contributed by atoms with Crippen LogP contribution in [0.5, 0.6) is 5.75 Å². The van der Waals surface area contributed by atoms with Crippen molar-refractivity contribution in [3.8, 4) is 5.75 Å². The Kier molecular flexibility index (Phi) is 6.63. The highest BCUT2D eigenvalue weighted by molar-refractivity contribution is 6.15. The molecule has 1 saturated heterocycles. The number of para-hydroxylation sites is 1. The van der Waals surface area contributed by atoms with Crippen molar-refractivity contribution in [1.82, 2.24) is 10.2 Å². The van der Waals surface area contributed by atoms with Crippen LogP contribution >= 0.6 is 0 Å². The SMILES string of the molecule is O=C(CN1C(=O)N/C(=C/c2ccc(OCc3ccccc3F)cc2)C1=O)Nc1ccccc1F. The average Bonchev–Trinajstić information content (AvgIpc) is 3.08. The number of ether oxygens (including phenoxy) is 1. The van der Waals surface area contributed by atoms with E-state index in [1.807, 2.05) is 0 Å². The summed E-state index contributed by atoms with van der Waals surface area (Å²) in [4.78, 5) is 37.7. The van der Waals surface area contributed by atoms with Crippen LogP contribution in [0, 0.1) is 11.6 Å². The van der Waals surface area contributed by atoms with Crippen LogP contribution in [-0.4, -0.2) is 29.3 Å². The normalized spacial score (nSPS) is 14.3. The fraction of sp³-hybridized carbons (Fsp3) is 0.0800. The van der Waals surface area contributed by atoms with Gasteiger partial charge in [0.2, 0.25) is 5.91 Å². The van der Waals surface area contributed by atoms with E-state index in [9.17, 15) is 23.2 Å². The summed E-state index contributed by atoms with van der Waals surface area (Å²) < 4.78 is 33.0. The highest BCUT2D eigenvalue weighted by atomic mass is 19.1. The van der Waals surface area contributed by atoms with Gasteiger partial charge in [0.25, 0.3) is 5.91 Å². The molecule has 0 atom stereocenters. The van der Waals surface area contributed by atoms with Crippen LogP contribution in [0.25, 0.3) is 6.08 Å². The molecule has 1 aliphatic heterocycles. The Bertz CT molecular complexity index is 1280. The van der Waals surface area contributed by atoms with Gasteiger partial charge >= 0.3 is 6.03 Å². The lowest BCUT2D eigenvalue weighted by molar-refractivity contribution is -0.127. The number of hydrogen-bond donors (Lipinski definition) is 2. The number of rotatable bonds is 7. The van der Waals surface area contributed by atoms with Gasteiger partial charge in [0.15, 0.2) is 0 Å². The summed E-state index contributed by atoms with van der Waals surface area (Å²) in [5.41, 5.74) is 0.961. The van der Waals surface area contributed by atoms with E-state index in [0.717, 1.165) is 4.90 Å². The number of halogens is 2. The Morgan fingerprint density at radius 3 is 2.32 bits per heavy atom. The van der Waals surface area contributed by atoms with E-state index in [0.29, 0.717) is 16.9 Å². The fourth-order valence-corrected chi connectivity index (χ4v) is 3.21. The van der Waals surface area contributed by atoms with Gasteiger partial charge in [0.05, 0.1) is 5.69 Å². The van der Waals surface area contributed by atoms with Crippen LogP contribution < -0.4 is 15.4 Å². The average molecular weight is 463 g/mol. The molecule has 0 radical (unpaired) electrons. The molecule has 0 bridgehead atoms. The van der Waals surface area contributed by atoms with Crippen LogP contribution in [0.15, 0.2) is 78.5 Å². The van der Waals surface area contributed by atoms with E-state index >= 15 is 0 Å². The first-order valence-corrected chi connectivity index (χ1v) is 10.3. The minimum atomic E-state index is -0.759. The van der Waals surface area contributed by atoms with Gasteiger partial charge in [0, 0.05) is 5.56 Å². The summed E-state index contributed by atoms with van der Waals surface area (Å²) in [6.07, 6.45) is 1.45. The molecule has 7 nitrogen and oxygen atoms in total. The quantitative estimate of drug-likeness (QED) is 0.408. The molecule has 0 unspecified atom stereocenters. The highest BCUT2D eigenvalue weighted by Gasteiger charge is 2.35. The van der Waals surface area contributed by atoms with E-state index in [4.69, 9.17) is 4.74 Å². The first kappa shape index (κ1) is 22.7. The molecule has 3 aromatic carbocycles. The maximum Gasteiger partial charge on any atom is 0.329 e. The summed E-state index contributed by atoms with van der Waals surface area (Å²) in [5, 5.41) is 4.75. The molecule has 34 heavy (non-hydrogen) atoms. The molecule has 4 rings (SSSR count). The fourth-order valence-electron chi connectivity index (χ4n) is 3.21. The van der Waals surface area contributed by atoms with E-state index in [2.05, 4.69) is 10.6 Å². The minimum absolute atomic E-state index is 0.0104. The second kappa shape index (κ2) is 9.95. The van der Waals surface area contributed by atoms with Crippen molar-refractivity contribution in [1.29, 1.82) is 0 Å². The van der Waals surface area contributed by atoms with Gasteiger partial charge in [-0.1, -0.05) is 42.5 Å². The number of benzene rings is 3. The number of carbonyl (C=O) groups is 3. The van der Waals surface area contributed by atoms with Crippen molar-refractivity contribution in [2.75, 3.05) is 11.9 Å². The van der Waals surface area contributed by atoms with Crippen molar-refractivity contribution in [2.45, 2.75) is 6.61 Å². The maximum absolute atomic E-state index is 13.7. The lowest BCUT2D eigenvalue weighted by Gasteiger charge is -2.12. The number of imide groups is 1. The van der Waals surface area contributed by atoms with E-state index in [1.54, 1.807) is 48.5 Å². The first-order valence-electron chi connectivity index (χ1n) is 10.3. The number of amides is 4. The largest absolute Gasteiger partial charge is 0.489 e. The molecule has 4 amide bonds. The highest BCUT2D eigenvalue weighted by Crippen LogP contribution is 2.19. The zero-order chi connectivity index (χ0) is 24.1. The number of anilines is 1. The zero-order valence-electron chi connectivity index (χ0n) is 17.8. The molecule has 3 aromatic rings. The summed E-state index contributed by atoms with van der Waals surface area (Å²) in [7, 11) is 0. The van der Waals surface area contributed by atoms with Crippen molar-refractivity contribution >= 4 is 29.6 Å². The first-order chi connectivity index (χ1) is 16.4. The second-order valence-electron chi connectivity index (χ2n) is 7.36. The third kappa shape index (κ3) is 5.26.